The van der Waals surface area contributed by atoms with E-state index >= 15 is 0 Å². The number of aromatic nitrogens is 1. The van der Waals surface area contributed by atoms with Crippen LogP contribution >= 0.6 is 11.3 Å². The number of aromatic amines is 1. The molecule has 1 aromatic carbocycles. The average Bonchev–Trinajstić information content (AvgIpc) is 3.20. The van der Waals surface area contributed by atoms with Crippen LogP contribution in [-0.4, -0.2) is 22.0 Å². The highest BCUT2D eigenvalue weighted by molar-refractivity contribution is 7.16. The van der Waals surface area contributed by atoms with E-state index in [9.17, 15) is 14.9 Å². The van der Waals surface area contributed by atoms with Crippen LogP contribution in [0.15, 0.2) is 47.7 Å². The average molecular weight is 342 g/mol. The Labute approximate surface area is 141 Å². The smallest absolute Gasteiger partial charge is 0.324 e. The Morgan fingerprint density at radius 2 is 2.17 bits per heavy atom. The number of hydrazone groups is 1. The number of hydrogen-bond donors (Lipinski definition) is 2. The fourth-order valence-corrected chi connectivity index (χ4v) is 3.01. The number of H-pyrrole nitrogens is 1. The number of benzene rings is 1. The molecular formula is C16H14N4O3S. The fourth-order valence-electron chi connectivity index (χ4n) is 2.32. The number of amides is 1. The number of carbonyl (C=O) groups is 1. The standard InChI is InChI=1S/C16H14N4O3S/c21-15(19-18-10-12-6-8-16(24-12)20(22)23)7-5-11-9-17-14-4-2-1-3-13(11)14/h1-4,6,8-10,17H,5,7H2,(H,19,21)/b18-10-. The summed E-state index contributed by atoms with van der Waals surface area (Å²) in [5.74, 6) is -0.206. The first-order valence-corrected chi connectivity index (χ1v) is 8.06. The minimum Gasteiger partial charge on any atom is -0.361 e. The molecular weight excluding hydrogens is 328 g/mol. The van der Waals surface area contributed by atoms with Crippen molar-refractivity contribution in [3.05, 3.63) is 63.1 Å². The van der Waals surface area contributed by atoms with Crippen molar-refractivity contribution in [2.45, 2.75) is 12.8 Å². The maximum Gasteiger partial charge on any atom is 0.324 e. The lowest BCUT2D eigenvalue weighted by Crippen LogP contribution is -2.17. The van der Waals surface area contributed by atoms with Crippen molar-refractivity contribution >= 4 is 39.4 Å². The van der Waals surface area contributed by atoms with E-state index in [0.29, 0.717) is 17.7 Å². The van der Waals surface area contributed by atoms with Crippen LogP contribution in [0.3, 0.4) is 0 Å². The van der Waals surface area contributed by atoms with Gasteiger partial charge in [0.25, 0.3) is 0 Å². The summed E-state index contributed by atoms with van der Waals surface area (Å²) in [5.41, 5.74) is 4.57. The Morgan fingerprint density at radius 1 is 1.33 bits per heavy atom. The number of para-hydroxylation sites is 1. The minimum absolute atomic E-state index is 0.0436. The molecule has 0 radical (unpaired) electrons. The minimum atomic E-state index is -0.457. The lowest BCUT2D eigenvalue weighted by molar-refractivity contribution is -0.380. The lowest BCUT2D eigenvalue weighted by Gasteiger charge is -1.99. The van der Waals surface area contributed by atoms with Crippen LogP contribution in [0.2, 0.25) is 0 Å². The Hall–Kier alpha value is -3.00. The lowest BCUT2D eigenvalue weighted by atomic mass is 10.1. The number of thiophene rings is 1. The van der Waals surface area contributed by atoms with Crippen molar-refractivity contribution in [1.82, 2.24) is 10.4 Å². The number of hydrogen-bond acceptors (Lipinski definition) is 5. The zero-order valence-corrected chi connectivity index (χ0v) is 13.4. The molecule has 2 N–H and O–H groups in total. The van der Waals surface area contributed by atoms with E-state index in [1.54, 1.807) is 6.07 Å². The van der Waals surface area contributed by atoms with Crippen LogP contribution in [0.4, 0.5) is 5.00 Å². The molecule has 0 unspecified atom stereocenters. The van der Waals surface area contributed by atoms with E-state index in [2.05, 4.69) is 15.5 Å². The number of fused-ring (bicyclic) bond motifs is 1. The molecule has 0 saturated carbocycles. The van der Waals surface area contributed by atoms with Crippen molar-refractivity contribution in [3.63, 3.8) is 0 Å². The van der Waals surface area contributed by atoms with Gasteiger partial charge in [0.15, 0.2) is 0 Å². The van der Waals surface area contributed by atoms with Gasteiger partial charge in [0, 0.05) is 29.6 Å². The van der Waals surface area contributed by atoms with Crippen LogP contribution in [-0.2, 0) is 11.2 Å². The third-order valence-electron chi connectivity index (χ3n) is 3.47. The summed E-state index contributed by atoms with van der Waals surface area (Å²) in [6, 6.07) is 10.9. The number of carbonyl (C=O) groups excluding carboxylic acids is 1. The molecule has 0 aliphatic carbocycles. The van der Waals surface area contributed by atoms with Crippen LogP contribution in [0.5, 0.6) is 0 Å². The normalized spacial score (nSPS) is 11.2. The molecule has 1 amide bonds. The maximum absolute atomic E-state index is 11.8. The molecule has 7 nitrogen and oxygen atoms in total. The van der Waals surface area contributed by atoms with E-state index in [1.165, 1.54) is 12.3 Å². The number of nitrogens with one attached hydrogen (secondary N) is 2. The van der Waals surface area contributed by atoms with Gasteiger partial charge in [0.05, 0.1) is 16.0 Å². The van der Waals surface area contributed by atoms with Crippen LogP contribution < -0.4 is 5.43 Å². The van der Waals surface area contributed by atoms with Gasteiger partial charge in [-0.15, -0.1) is 0 Å². The summed E-state index contributed by atoms with van der Waals surface area (Å²) in [5, 5.41) is 15.6. The van der Waals surface area contributed by atoms with Crippen molar-refractivity contribution in [3.8, 4) is 0 Å². The van der Waals surface area contributed by atoms with Gasteiger partial charge in [-0.25, -0.2) is 5.43 Å². The Bertz CT molecular complexity index is 913. The zero-order valence-electron chi connectivity index (χ0n) is 12.6. The summed E-state index contributed by atoms with van der Waals surface area (Å²) in [4.78, 5) is 25.8. The second-order valence-corrected chi connectivity index (χ2v) is 6.18. The second-order valence-electron chi connectivity index (χ2n) is 5.09. The van der Waals surface area contributed by atoms with Gasteiger partial charge in [0.2, 0.25) is 5.91 Å². The van der Waals surface area contributed by atoms with E-state index in [4.69, 9.17) is 0 Å². The number of nitrogens with zero attached hydrogens (tertiary/aromatic N) is 2. The topological polar surface area (TPSA) is 100 Å². The van der Waals surface area contributed by atoms with Gasteiger partial charge >= 0.3 is 5.00 Å². The molecule has 122 valence electrons. The van der Waals surface area contributed by atoms with Crippen molar-refractivity contribution in [2.24, 2.45) is 5.10 Å². The first-order chi connectivity index (χ1) is 11.6. The summed E-state index contributed by atoms with van der Waals surface area (Å²) in [6.45, 7) is 0. The first kappa shape index (κ1) is 15.9. The summed E-state index contributed by atoms with van der Waals surface area (Å²) in [6.07, 6.45) is 4.23. The SMILES string of the molecule is O=C(CCc1c[nH]c2ccccc12)N/N=C\c1ccc([N+](=O)[O-])s1. The number of rotatable bonds is 6. The molecule has 0 saturated heterocycles. The molecule has 2 aromatic heterocycles. The van der Waals surface area contributed by atoms with Crippen molar-refractivity contribution in [1.29, 1.82) is 0 Å². The molecule has 0 atom stereocenters. The van der Waals surface area contributed by atoms with E-state index in [0.717, 1.165) is 27.8 Å². The van der Waals surface area contributed by atoms with Gasteiger partial charge in [-0.3, -0.25) is 14.9 Å². The highest BCUT2D eigenvalue weighted by atomic mass is 32.1. The summed E-state index contributed by atoms with van der Waals surface area (Å²) < 4.78 is 0. The molecule has 8 heteroatoms. The second kappa shape index (κ2) is 7.05. The number of aryl methyl sites for hydroxylation is 1. The molecule has 24 heavy (non-hydrogen) atoms. The molecule has 0 aliphatic rings. The van der Waals surface area contributed by atoms with Gasteiger partial charge < -0.3 is 4.98 Å². The quantitative estimate of drug-likeness (QED) is 0.408. The van der Waals surface area contributed by atoms with Crippen molar-refractivity contribution < 1.29 is 9.72 Å². The van der Waals surface area contributed by atoms with E-state index in [1.807, 2.05) is 30.5 Å². The predicted molar refractivity (Wildman–Crippen MR) is 93.3 cm³/mol. The Balaban J connectivity index is 1.52. The summed E-state index contributed by atoms with van der Waals surface area (Å²) >= 11 is 1.00. The highest BCUT2D eigenvalue weighted by Crippen LogP contribution is 2.22. The molecule has 3 rings (SSSR count). The Morgan fingerprint density at radius 3 is 2.96 bits per heavy atom. The summed E-state index contributed by atoms with van der Waals surface area (Å²) in [7, 11) is 0. The zero-order chi connectivity index (χ0) is 16.9. The molecule has 0 fully saturated rings. The van der Waals surface area contributed by atoms with Gasteiger partial charge in [0.1, 0.15) is 0 Å². The molecule has 0 aliphatic heterocycles. The molecule has 0 spiro atoms. The highest BCUT2D eigenvalue weighted by Gasteiger charge is 2.08. The van der Waals surface area contributed by atoms with E-state index in [-0.39, 0.29) is 10.9 Å². The monoisotopic (exact) mass is 342 g/mol. The van der Waals surface area contributed by atoms with Crippen LogP contribution in [0, 0.1) is 10.1 Å². The van der Waals surface area contributed by atoms with Crippen molar-refractivity contribution in [2.75, 3.05) is 0 Å². The van der Waals surface area contributed by atoms with Gasteiger partial charge in [-0.1, -0.05) is 29.5 Å². The number of nitro groups is 1. The molecule has 3 aromatic rings. The maximum atomic E-state index is 11.8. The van der Waals surface area contributed by atoms with Crippen LogP contribution in [0.25, 0.3) is 10.9 Å². The van der Waals surface area contributed by atoms with E-state index < -0.39 is 4.92 Å². The third-order valence-corrected chi connectivity index (χ3v) is 4.44. The van der Waals surface area contributed by atoms with Crippen LogP contribution in [0.1, 0.15) is 16.9 Å². The Kier molecular flexibility index (Phi) is 4.66. The fraction of sp³-hybridized carbons (Fsp3) is 0.125. The third kappa shape index (κ3) is 3.66. The molecule has 0 bridgehead atoms. The van der Waals surface area contributed by atoms with Gasteiger partial charge in [-0.2, -0.15) is 5.10 Å². The first-order valence-electron chi connectivity index (χ1n) is 7.24. The predicted octanol–water partition coefficient (Wildman–Crippen LogP) is 3.22. The van der Waals surface area contributed by atoms with Gasteiger partial charge in [-0.05, 0) is 24.1 Å². The molecule has 2 heterocycles. The largest absolute Gasteiger partial charge is 0.361 e.